The third-order valence-corrected chi connectivity index (χ3v) is 3.42. The number of carbonyl (C=O) groups is 1. The Kier molecular flexibility index (Phi) is 5.79. The molecule has 0 bridgehead atoms. The number of halogens is 1. The van der Waals surface area contributed by atoms with E-state index in [1.54, 1.807) is 0 Å². The monoisotopic (exact) mass is 320 g/mol. The van der Waals surface area contributed by atoms with Gasteiger partial charge in [0.1, 0.15) is 10.6 Å². The quantitative estimate of drug-likeness (QED) is 0.824. The lowest BCUT2D eigenvalue weighted by atomic mass is 10.3. The van der Waals surface area contributed by atoms with Crippen LogP contribution in [0.15, 0.2) is 23.1 Å². The molecular weight excluding hydrogens is 304 g/mol. The van der Waals surface area contributed by atoms with Gasteiger partial charge in [0.15, 0.2) is 0 Å². The molecule has 1 aromatic rings. The van der Waals surface area contributed by atoms with Gasteiger partial charge in [0.25, 0.3) is 0 Å². The van der Waals surface area contributed by atoms with Gasteiger partial charge in [0.05, 0.1) is 13.0 Å². The maximum absolute atomic E-state index is 11.4. The van der Waals surface area contributed by atoms with E-state index in [1.807, 2.05) is 13.8 Å². The molecule has 0 aliphatic carbocycles. The molecule has 0 spiro atoms. The topological polar surface area (TPSA) is 98.5 Å². The first-order chi connectivity index (χ1) is 9.20. The Hall–Kier alpha value is -1.31. The summed E-state index contributed by atoms with van der Waals surface area (Å²) in [6, 6.07) is 4.14. The van der Waals surface area contributed by atoms with Crippen molar-refractivity contribution in [1.82, 2.24) is 5.32 Å². The molecule has 1 aromatic carbocycles. The number of benzene rings is 1. The molecule has 1 rings (SSSR count). The zero-order chi connectivity index (χ0) is 15.3. The highest BCUT2D eigenvalue weighted by Crippen LogP contribution is 2.26. The standard InChI is InChI=1S/C12H17ClN2O4S/c1-8(2)15-12(16)5-6-19-10-4-3-9(13)7-11(10)20(14,17)18/h3-4,7-8H,5-6H2,1-2H3,(H,15,16)(H2,14,17,18). The molecule has 6 nitrogen and oxygen atoms in total. The van der Waals surface area contributed by atoms with E-state index in [0.29, 0.717) is 0 Å². The van der Waals surface area contributed by atoms with Crippen LogP contribution in [0.5, 0.6) is 5.75 Å². The van der Waals surface area contributed by atoms with Crippen molar-refractivity contribution >= 4 is 27.5 Å². The van der Waals surface area contributed by atoms with Crippen LogP contribution in [0.1, 0.15) is 20.3 Å². The van der Waals surface area contributed by atoms with Crippen molar-refractivity contribution in [2.24, 2.45) is 5.14 Å². The van der Waals surface area contributed by atoms with E-state index in [9.17, 15) is 13.2 Å². The van der Waals surface area contributed by atoms with Crippen molar-refractivity contribution in [3.8, 4) is 5.75 Å². The number of nitrogens with one attached hydrogen (secondary N) is 1. The summed E-state index contributed by atoms with van der Waals surface area (Å²) in [4.78, 5) is 11.2. The number of primary sulfonamides is 1. The molecule has 0 fully saturated rings. The van der Waals surface area contributed by atoms with E-state index >= 15 is 0 Å². The van der Waals surface area contributed by atoms with Crippen molar-refractivity contribution in [2.75, 3.05) is 6.61 Å². The van der Waals surface area contributed by atoms with Gasteiger partial charge in [-0.3, -0.25) is 4.79 Å². The summed E-state index contributed by atoms with van der Waals surface area (Å²) in [5.74, 6) is -0.0969. The molecule has 20 heavy (non-hydrogen) atoms. The maximum atomic E-state index is 11.4. The zero-order valence-electron chi connectivity index (χ0n) is 11.2. The van der Waals surface area contributed by atoms with Crippen LogP contribution < -0.4 is 15.2 Å². The van der Waals surface area contributed by atoms with E-state index in [4.69, 9.17) is 21.5 Å². The number of sulfonamides is 1. The number of hydrogen-bond donors (Lipinski definition) is 2. The minimum Gasteiger partial charge on any atom is -0.492 e. The SMILES string of the molecule is CC(C)NC(=O)CCOc1ccc(Cl)cc1S(N)(=O)=O. The van der Waals surface area contributed by atoms with Crippen LogP contribution in [0.3, 0.4) is 0 Å². The smallest absolute Gasteiger partial charge is 0.241 e. The van der Waals surface area contributed by atoms with E-state index in [0.717, 1.165) is 0 Å². The van der Waals surface area contributed by atoms with Crippen molar-refractivity contribution in [1.29, 1.82) is 0 Å². The highest BCUT2D eigenvalue weighted by atomic mass is 35.5. The highest BCUT2D eigenvalue weighted by Gasteiger charge is 2.16. The summed E-state index contributed by atoms with van der Waals surface area (Å²) in [6.07, 6.45) is 0.116. The second kappa shape index (κ2) is 6.92. The van der Waals surface area contributed by atoms with Gasteiger partial charge in [-0.15, -0.1) is 0 Å². The number of hydrogen-bond acceptors (Lipinski definition) is 4. The first-order valence-electron chi connectivity index (χ1n) is 5.94. The number of amides is 1. The Bertz CT molecular complexity index is 587. The fourth-order valence-electron chi connectivity index (χ4n) is 1.47. The molecule has 0 heterocycles. The fraction of sp³-hybridized carbons (Fsp3) is 0.417. The first-order valence-corrected chi connectivity index (χ1v) is 7.87. The summed E-state index contributed by atoms with van der Waals surface area (Å²) in [6.45, 7) is 3.73. The lowest BCUT2D eigenvalue weighted by molar-refractivity contribution is -0.122. The first kappa shape index (κ1) is 16.7. The lowest BCUT2D eigenvalue weighted by Crippen LogP contribution is -2.31. The molecular formula is C12H17ClN2O4S. The normalized spacial score (nSPS) is 11.4. The predicted molar refractivity (Wildman–Crippen MR) is 76.2 cm³/mol. The van der Waals surface area contributed by atoms with Crippen molar-refractivity contribution in [3.05, 3.63) is 23.2 Å². The predicted octanol–water partition coefficient (Wildman–Crippen LogP) is 1.28. The number of carbonyl (C=O) groups excluding carboxylic acids is 1. The molecule has 0 atom stereocenters. The summed E-state index contributed by atoms with van der Waals surface area (Å²) in [5.41, 5.74) is 0. The largest absolute Gasteiger partial charge is 0.492 e. The molecule has 0 aromatic heterocycles. The van der Waals surface area contributed by atoms with Gasteiger partial charge in [-0.1, -0.05) is 11.6 Å². The fourth-order valence-corrected chi connectivity index (χ4v) is 2.41. The number of nitrogens with two attached hydrogens (primary N) is 1. The summed E-state index contributed by atoms with van der Waals surface area (Å²) in [5, 5.41) is 8.01. The molecule has 0 radical (unpaired) electrons. The minimum atomic E-state index is -3.94. The Labute approximate surface area is 123 Å². The van der Waals surface area contributed by atoms with Gasteiger partial charge < -0.3 is 10.1 Å². The lowest BCUT2D eigenvalue weighted by Gasteiger charge is -2.11. The third-order valence-electron chi connectivity index (χ3n) is 2.25. The van der Waals surface area contributed by atoms with Gasteiger partial charge in [0.2, 0.25) is 15.9 Å². The molecule has 0 aliphatic rings. The van der Waals surface area contributed by atoms with E-state index in [-0.39, 0.29) is 40.6 Å². The Morgan fingerprint density at radius 1 is 1.45 bits per heavy atom. The van der Waals surface area contributed by atoms with E-state index in [2.05, 4.69) is 5.32 Å². The summed E-state index contributed by atoms with van der Waals surface area (Å²) >= 11 is 5.72. The molecule has 0 unspecified atom stereocenters. The maximum Gasteiger partial charge on any atom is 0.241 e. The van der Waals surface area contributed by atoms with Gasteiger partial charge in [0, 0.05) is 11.1 Å². The van der Waals surface area contributed by atoms with Gasteiger partial charge in [-0.2, -0.15) is 0 Å². The van der Waals surface area contributed by atoms with Crippen LogP contribution in [0.4, 0.5) is 0 Å². The van der Waals surface area contributed by atoms with Crippen LogP contribution in [-0.2, 0) is 14.8 Å². The van der Waals surface area contributed by atoms with Crippen LogP contribution >= 0.6 is 11.6 Å². The Balaban J connectivity index is 2.72. The molecule has 112 valence electrons. The van der Waals surface area contributed by atoms with Gasteiger partial charge >= 0.3 is 0 Å². The van der Waals surface area contributed by atoms with Crippen molar-refractivity contribution in [2.45, 2.75) is 31.2 Å². The van der Waals surface area contributed by atoms with Crippen LogP contribution in [0.25, 0.3) is 0 Å². The van der Waals surface area contributed by atoms with E-state index < -0.39 is 10.0 Å². The van der Waals surface area contributed by atoms with Crippen molar-refractivity contribution < 1.29 is 17.9 Å². The summed E-state index contributed by atoms with van der Waals surface area (Å²) in [7, 11) is -3.94. The second-order valence-electron chi connectivity index (χ2n) is 4.46. The van der Waals surface area contributed by atoms with Crippen LogP contribution in [0.2, 0.25) is 5.02 Å². The third kappa shape index (κ3) is 5.36. The second-order valence-corrected chi connectivity index (χ2v) is 6.42. The molecule has 1 amide bonds. The molecule has 0 saturated heterocycles. The van der Waals surface area contributed by atoms with Gasteiger partial charge in [-0.25, -0.2) is 13.6 Å². The Morgan fingerprint density at radius 2 is 2.10 bits per heavy atom. The van der Waals surface area contributed by atoms with Crippen LogP contribution in [-0.4, -0.2) is 27.0 Å². The van der Waals surface area contributed by atoms with Crippen molar-refractivity contribution in [3.63, 3.8) is 0 Å². The Morgan fingerprint density at radius 3 is 2.65 bits per heavy atom. The highest BCUT2D eigenvalue weighted by molar-refractivity contribution is 7.89. The van der Waals surface area contributed by atoms with Crippen LogP contribution in [0, 0.1) is 0 Å². The molecule has 3 N–H and O–H groups in total. The van der Waals surface area contributed by atoms with E-state index in [1.165, 1.54) is 18.2 Å². The molecule has 8 heteroatoms. The van der Waals surface area contributed by atoms with Gasteiger partial charge in [-0.05, 0) is 32.0 Å². The number of ether oxygens (including phenoxy) is 1. The number of rotatable bonds is 6. The zero-order valence-corrected chi connectivity index (χ0v) is 12.8. The average molecular weight is 321 g/mol. The minimum absolute atomic E-state index is 0.0398. The average Bonchev–Trinajstić information content (AvgIpc) is 2.28. The molecule has 0 aliphatic heterocycles. The molecule has 0 saturated carbocycles. The summed E-state index contributed by atoms with van der Waals surface area (Å²) < 4.78 is 28.1.